The molecule has 0 saturated heterocycles. The Balaban J connectivity index is 2.55. The molecule has 68 valence electrons. The van der Waals surface area contributed by atoms with Crippen LogP contribution in [0.5, 0.6) is 0 Å². The van der Waals surface area contributed by atoms with E-state index in [-0.39, 0.29) is 0 Å². The Kier molecular flexibility index (Phi) is 2.04. The molecule has 2 nitrogen and oxygen atoms in total. The predicted octanol–water partition coefficient (Wildman–Crippen LogP) is 2.49. The topological polar surface area (TPSA) is 28.7 Å². The molecule has 0 fully saturated rings. The molecule has 2 rings (SSSR count). The molecule has 0 bridgehead atoms. The number of rotatable bonds is 1. The van der Waals surface area contributed by atoms with Crippen molar-refractivity contribution >= 4 is 0 Å². The van der Waals surface area contributed by atoms with E-state index in [9.17, 15) is 4.39 Å². The van der Waals surface area contributed by atoms with Crippen molar-refractivity contribution in [2.24, 2.45) is 0 Å². The lowest BCUT2D eigenvalue weighted by Gasteiger charge is -2.02. The number of aromatic nitrogens is 1. The highest BCUT2D eigenvalue weighted by Crippen LogP contribution is 2.13. The lowest BCUT2D eigenvalue weighted by atomic mass is 10.2. The first-order valence-electron chi connectivity index (χ1n) is 4.13. The summed E-state index contributed by atoms with van der Waals surface area (Å²) >= 11 is 0. The van der Waals surface area contributed by atoms with Gasteiger partial charge in [0, 0.05) is 18.1 Å². The number of nitrogens with zero attached hydrogens (tertiary/aromatic N) is 2. The van der Waals surface area contributed by atoms with E-state index in [0.29, 0.717) is 11.3 Å². The van der Waals surface area contributed by atoms with E-state index in [1.807, 2.05) is 18.2 Å². The average molecular weight is 186 g/mol. The normalized spacial score (nSPS) is 9.71. The molecule has 0 radical (unpaired) electrons. The number of halogens is 1. The highest BCUT2D eigenvalue weighted by Gasteiger charge is 2.00. The van der Waals surface area contributed by atoms with Crippen LogP contribution in [0.2, 0.25) is 0 Å². The Morgan fingerprint density at radius 2 is 1.86 bits per heavy atom. The molecule has 0 N–H and O–H groups in total. The van der Waals surface area contributed by atoms with Crippen LogP contribution in [0.1, 0.15) is 5.56 Å². The highest BCUT2D eigenvalue weighted by atomic mass is 19.1. The molecule has 1 aromatic heterocycles. The standard InChI is InChI=1S/C11H7FN2/c12-10-5-9(8-13)6-11(7-10)14-3-1-2-4-14/h1-7H. The van der Waals surface area contributed by atoms with Crippen LogP contribution >= 0.6 is 0 Å². The minimum Gasteiger partial charge on any atom is -0.324 e. The summed E-state index contributed by atoms with van der Waals surface area (Å²) in [6, 6.07) is 9.85. The van der Waals surface area contributed by atoms with E-state index < -0.39 is 5.82 Å². The van der Waals surface area contributed by atoms with E-state index in [1.165, 1.54) is 12.1 Å². The van der Waals surface area contributed by atoms with Gasteiger partial charge in [-0.3, -0.25) is 0 Å². The maximum Gasteiger partial charge on any atom is 0.126 e. The van der Waals surface area contributed by atoms with Crippen molar-refractivity contribution in [3.8, 4) is 11.8 Å². The van der Waals surface area contributed by atoms with Gasteiger partial charge in [0.2, 0.25) is 0 Å². The van der Waals surface area contributed by atoms with Gasteiger partial charge >= 0.3 is 0 Å². The highest BCUT2D eigenvalue weighted by molar-refractivity contribution is 5.42. The van der Waals surface area contributed by atoms with Gasteiger partial charge in [-0.05, 0) is 30.3 Å². The fourth-order valence-electron chi connectivity index (χ4n) is 1.29. The number of hydrogen-bond acceptors (Lipinski definition) is 1. The van der Waals surface area contributed by atoms with Crippen LogP contribution in [0.15, 0.2) is 42.7 Å². The Morgan fingerprint density at radius 1 is 1.14 bits per heavy atom. The Labute approximate surface area is 80.8 Å². The molecule has 0 aliphatic rings. The van der Waals surface area contributed by atoms with E-state index in [1.54, 1.807) is 23.0 Å². The van der Waals surface area contributed by atoms with Crippen molar-refractivity contribution in [2.75, 3.05) is 0 Å². The second kappa shape index (κ2) is 3.35. The molecule has 0 saturated carbocycles. The van der Waals surface area contributed by atoms with Gasteiger partial charge in [0.05, 0.1) is 11.6 Å². The van der Waals surface area contributed by atoms with Crippen LogP contribution in [-0.2, 0) is 0 Å². The number of hydrogen-bond donors (Lipinski definition) is 0. The molecular weight excluding hydrogens is 179 g/mol. The molecule has 14 heavy (non-hydrogen) atoms. The fraction of sp³-hybridized carbons (Fsp3) is 0. The molecule has 0 atom stereocenters. The smallest absolute Gasteiger partial charge is 0.126 e. The van der Waals surface area contributed by atoms with Crippen LogP contribution in [-0.4, -0.2) is 4.57 Å². The summed E-state index contributed by atoms with van der Waals surface area (Å²) in [5.41, 5.74) is 0.986. The van der Waals surface area contributed by atoms with E-state index in [4.69, 9.17) is 5.26 Å². The average Bonchev–Trinajstić information content (AvgIpc) is 2.69. The SMILES string of the molecule is N#Cc1cc(F)cc(-n2cccc2)c1. The monoisotopic (exact) mass is 186 g/mol. The lowest BCUT2D eigenvalue weighted by molar-refractivity contribution is 0.626. The maximum absolute atomic E-state index is 13.0. The van der Waals surface area contributed by atoms with Gasteiger partial charge < -0.3 is 4.57 Å². The minimum absolute atomic E-state index is 0.328. The molecular formula is C11H7FN2. The summed E-state index contributed by atoms with van der Waals surface area (Å²) in [4.78, 5) is 0. The number of nitriles is 1. The molecule has 0 aliphatic carbocycles. The zero-order chi connectivity index (χ0) is 9.97. The van der Waals surface area contributed by atoms with Crippen molar-refractivity contribution in [1.82, 2.24) is 4.57 Å². The van der Waals surface area contributed by atoms with Crippen LogP contribution in [0.3, 0.4) is 0 Å². The predicted molar refractivity (Wildman–Crippen MR) is 50.4 cm³/mol. The molecule has 0 amide bonds. The van der Waals surface area contributed by atoms with Crippen molar-refractivity contribution in [3.05, 3.63) is 54.1 Å². The first-order chi connectivity index (χ1) is 6.79. The van der Waals surface area contributed by atoms with Gasteiger partial charge in [0.15, 0.2) is 0 Å². The van der Waals surface area contributed by atoms with Crippen LogP contribution in [0, 0.1) is 17.1 Å². The summed E-state index contributed by atoms with van der Waals surface area (Å²) in [6.07, 6.45) is 3.60. The van der Waals surface area contributed by atoms with E-state index in [0.717, 1.165) is 0 Å². The summed E-state index contributed by atoms with van der Waals surface area (Å²) < 4.78 is 14.8. The van der Waals surface area contributed by atoms with Gasteiger partial charge in [-0.2, -0.15) is 5.26 Å². The number of benzene rings is 1. The van der Waals surface area contributed by atoms with Gasteiger partial charge in [-0.25, -0.2) is 4.39 Å². The van der Waals surface area contributed by atoms with Crippen molar-refractivity contribution < 1.29 is 4.39 Å². The second-order valence-corrected chi connectivity index (χ2v) is 2.90. The van der Waals surface area contributed by atoms with E-state index in [2.05, 4.69) is 0 Å². The summed E-state index contributed by atoms with van der Waals surface area (Å²) in [6.45, 7) is 0. The largest absolute Gasteiger partial charge is 0.324 e. The van der Waals surface area contributed by atoms with Crippen molar-refractivity contribution in [2.45, 2.75) is 0 Å². The van der Waals surface area contributed by atoms with E-state index >= 15 is 0 Å². The molecule has 1 aromatic carbocycles. The summed E-state index contributed by atoms with van der Waals surface area (Å²) in [5.74, 6) is -0.396. The van der Waals surface area contributed by atoms with Gasteiger partial charge in [-0.1, -0.05) is 0 Å². The molecule has 2 aromatic rings. The van der Waals surface area contributed by atoms with Gasteiger partial charge in [0.1, 0.15) is 5.82 Å². The van der Waals surface area contributed by atoms with Gasteiger partial charge in [0.25, 0.3) is 0 Å². The second-order valence-electron chi connectivity index (χ2n) is 2.90. The Hall–Kier alpha value is -2.08. The Bertz CT molecular complexity index is 480. The quantitative estimate of drug-likeness (QED) is 0.672. The molecule has 0 spiro atoms. The minimum atomic E-state index is -0.396. The van der Waals surface area contributed by atoms with Crippen molar-refractivity contribution in [1.29, 1.82) is 5.26 Å². The maximum atomic E-state index is 13.0. The summed E-state index contributed by atoms with van der Waals surface area (Å²) in [5, 5.41) is 8.66. The molecule has 0 unspecified atom stereocenters. The fourth-order valence-corrected chi connectivity index (χ4v) is 1.29. The first kappa shape index (κ1) is 8.52. The third kappa shape index (κ3) is 1.50. The lowest BCUT2D eigenvalue weighted by Crippen LogP contribution is -1.92. The third-order valence-corrected chi connectivity index (χ3v) is 1.91. The zero-order valence-electron chi connectivity index (χ0n) is 7.31. The Morgan fingerprint density at radius 3 is 2.50 bits per heavy atom. The van der Waals surface area contributed by atoms with Crippen LogP contribution in [0.25, 0.3) is 5.69 Å². The van der Waals surface area contributed by atoms with Gasteiger partial charge in [-0.15, -0.1) is 0 Å². The summed E-state index contributed by atoms with van der Waals surface area (Å²) in [7, 11) is 0. The third-order valence-electron chi connectivity index (χ3n) is 1.91. The molecule has 1 heterocycles. The zero-order valence-corrected chi connectivity index (χ0v) is 7.31. The van der Waals surface area contributed by atoms with Crippen LogP contribution in [0.4, 0.5) is 4.39 Å². The first-order valence-corrected chi connectivity index (χ1v) is 4.13. The van der Waals surface area contributed by atoms with Crippen LogP contribution < -0.4 is 0 Å². The molecule has 0 aliphatic heterocycles. The molecule has 3 heteroatoms. The van der Waals surface area contributed by atoms with Crippen molar-refractivity contribution in [3.63, 3.8) is 0 Å².